The number of rotatable bonds is 6. The number of nitriles is 1. The summed E-state index contributed by atoms with van der Waals surface area (Å²) in [7, 11) is 1.50. The number of thioether (sulfide) groups is 1. The summed E-state index contributed by atoms with van der Waals surface area (Å²) < 4.78 is 6.25. The first kappa shape index (κ1) is 23.6. The second-order valence-electron chi connectivity index (χ2n) is 7.39. The smallest absolute Gasteiger partial charge is 0.269 e. The molecule has 4 rings (SSSR count). The highest BCUT2D eigenvalue weighted by Gasteiger charge is 2.40. The average molecular weight is 534 g/mol. The number of halogens is 1. The largest absolute Gasteiger partial charge is 0.495 e. The lowest BCUT2D eigenvalue weighted by molar-refractivity contribution is -0.117. The van der Waals surface area contributed by atoms with Crippen molar-refractivity contribution in [2.75, 3.05) is 17.3 Å². The standard InChI is InChI=1S/C26H20BrN3O3S/c1-33-22-10-6-5-9-21(22)29-24(31)20(16-28)26-30(19-7-3-2-4-8-19)25(32)23(34-26)15-17-11-13-18(27)14-12-17/h2-14,23H,15H2,1H3,(H,29,31)/b26-20-/t23-/m0/s1. The molecule has 8 heteroatoms. The van der Waals surface area contributed by atoms with E-state index in [2.05, 4.69) is 21.2 Å². The number of amides is 2. The number of methoxy groups -OCH3 is 1. The van der Waals surface area contributed by atoms with Crippen LogP contribution in [-0.2, 0) is 16.0 Å². The Kier molecular flexibility index (Phi) is 7.36. The van der Waals surface area contributed by atoms with Crippen molar-refractivity contribution in [3.05, 3.63) is 99.5 Å². The third kappa shape index (κ3) is 5.01. The number of benzene rings is 3. The van der Waals surface area contributed by atoms with Gasteiger partial charge in [0.05, 0.1) is 18.0 Å². The van der Waals surface area contributed by atoms with Gasteiger partial charge in [0.1, 0.15) is 22.4 Å². The summed E-state index contributed by atoms with van der Waals surface area (Å²) >= 11 is 4.66. The molecule has 0 saturated carbocycles. The zero-order valence-electron chi connectivity index (χ0n) is 18.2. The van der Waals surface area contributed by atoms with Gasteiger partial charge in [-0.1, -0.05) is 70.2 Å². The number of hydrogen-bond donors (Lipinski definition) is 1. The molecule has 0 aliphatic carbocycles. The fourth-order valence-corrected chi connectivity index (χ4v) is 5.14. The van der Waals surface area contributed by atoms with Gasteiger partial charge in [0, 0.05) is 10.2 Å². The van der Waals surface area contributed by atoms with Crippen molar-refractivity contribution < 1.29 is 14.3 Å². The van der Waals surface area contributed by atoms with Gasteiger partial charge in [-0.05, 0) is 48.4 Å². The number of nitrogens with one attached hydrogen (secondary N) is 1. The van der Waals surface area contributed by atoms with Crippen LogP contribution < -0.4 is 15.0 Å². The molecule has 1 saturated heterocycles. The molecular formula is C26H20BrN3O3S. The summed E-state index contributed by atoms with van der Waals surface area (Å²) in [6.07, 6.45) is 0.469. The van der Waals surface area contributed by atoms with Gasteiger partial charge in [-0.15, -0.1) is 0 Å². The number of nitrogens with zero attached hydrogens (tertiary/aromatic N) is 2. The van der Waals surface area contributed by atoms with Crippen molar-refractivity contribution in [2.24, 2.45) is 0 Å². The maximum Gasteiger partial charge on any atom is 0.269 e. The van der Waals surface area contributed by atoms with Crippen molar-refractivity contribution in [3.63, 3.8) is 0 Å². The summed E-state index contributed by atoms with van der Waals surface area (Å²) in [5, 5.41) is 12.5. The average Bonchev–Trinajstić information content (AvgIpc) is 3.17. The number of hydrogen-bond acceptors (Lipinski definition) is 5. The monoisotopic (exact) mass is 533 g/mol. The summed E-state index contributed by atoms with van der Waals surface area (Å²) in [5.74, 6) is -0.305. The second-order valence-corrected chi connectivity index (χ2v) is 9.50. The Morgan fingerprint density at radius 1 is 1.09 bits per heavy atom. The Labute approximate surface area is 210 Å². The molecule has 3 aromatic rings. The maximum atomic E-state index is 13.5. The Morgan fingerprint density at radius 2 is 1.76 bits per heavy atom. The van der Waals surface area contributed by atoms with Gasteiger partial charge < -0.3 is 10.1 Å². The molecule has 0 bridgehead atoms. The molecule has 170 valence electrons. The highest BCUT2D eigenvalue weighted by atomic mass is 79.9. The Bertz CT molecular complexity index is 1290. The van der Waals surface area contributed by atoms with Crippen LogP contribution >= 0.6 is 27.7 Å². The predicted molar refractivity (Wildman–Crippen MR) is 137 cm³/mol. The Hall–Kier alpha value is -3.54. The van der Waals surface area contributed by atoms with Crippen molar-refractivity contribution in [2.45, 2.75) is 11.7 Å². The molecule has 0 unspecified atom stereocenters. The van der Waals surface area contributed by atoms with E-state index in [0.717, 1.165) is 10.0 Å². The van der Waals surface area contributed by atoms with Gasteiger partial charge >= 0.3 is 0 Å². The number of para-hydroxylation sites is 3. The predicted octanol–water partition coefficient (Wildman–Crippen LogP) is 5.52. The van der Waals surface area contributed by atoms with E-state index >= 15 is 0 Å². The third-order valence-electron chi connectivity index (χ3n) is 5.21. The van der Waals surface area contributed by atoms with Crippen LogP contribution in [0.25, 0.3) is 0 Å². The molecule has 1 aliphatic heterocycles. The summed E-state index contributed by atoms with van der Waals surface area (Å²) in [5.41, 5.74) is 1.90. The Balaban J connectivity index is 1.71. The van der Waals surface area contributed by atoms with E-state index < -0.39 is 11.2 Å². The van der Waals surface area contributed by atoms with Crippen molar-refractivity contribution in [1.29, 1.82) is 5.26 Å². The molecular weight excluding hydrogens is 514 g/mol. The van der Waals surface area contributed by atoms with Crippen LogP contribution in [0.2, 0.25) is 0 Å². The highest BCUT2D eigenvalue weighted by molar-refractivity contribution is 9.10. The summed E-state index contributed by atoms with van der Waals surface area (Å²) in [6, 6.07) is 25.8. The molecule has 0 spiro atoms. The van der Waals surface area contributed by atoms with Crippen LogP contribution in [0.1, 0.15) is 5.56 Å². The lowest BCUT2D eigenvalue weighted by atomic mass is 10.1. The number of carbonyl (C=O) groups excluding carboxylic acids is 2. The molecule has 1 atom stereocenters. The van der Waals surface area contributed by atoms with Crippen LogP contribution in [-0.4, -0.2) is 24.2 Å². The quantitative estimate of drug-likeness (QED) is 0.333. The van der Waals surface area contributed by atoms with E-state index in [1.807, 2.05) is 48.5 Å². The SMILES string of the molecule is COc1ccccc1NC(=O)/C(C#N)=C1\S[C@@H](Cc2ccc(Br)cc2)C(=O)N1c1ccccc1. The van der Waals surface area contributed by atoms with Crippen molar-refractivity contribution in [1.82, 2.24) is 0 Å². The maximum absolute atomic E-state index is 13.5. The minimum atomic E-state index is -0.604. The minimum Gasteiger partial charge on any atom is -0.495 e. The zero-order valence-corrected chi connectivity index (χ0v) is 20.6. The fraction of sp³-hybridized carbons (Fsp3) is 0.115. The zero-order chi connectivity index (χ0) is 24.1. The molecule has 0 aromatic heterocycles. The lowest BCUT2D eigenvalue weighted by Crippen LogP contribution is -2.30. The highest BCUT2D eigenvalue weighted by Crippen LogP contribution is 2.42. The first-order valence-corrected chi connectivity index (χ1v) is 12.1. The van der Waals surface area contributed by atoms with Crippen LogP contribution in [0.3, 0.4) is 0 Å². The van der Waals surface area contributed by atoms with E-state index in [-0.39, 0.29) is 11.5 Å². The third-order valence-corrected chi connectivity index (χ3v) is 7.00. The van der Waals surface area contributed by atoms with Crippen LogP contribution in [0.15, 0.2) is 93.9 Å². The topological polar surface area (TPSA) is 82.4 Å². The first-order valence-electron chi connectivity index (χ1n) is 10.4. The molecule has 2 amide bonds. The second kappa shape index (κ2) is 10.6. The molecule has 1 aliphatic rings. The number of anilines is 2. The van der Waals surface area contributed by atoms with E-state index in [1.165, 1.54) is 23.8 Å². The fourth-order valence-electron chi connectivity index (χ4n) is 3.57. The number of ether oxygens (including phenoxy) is 1. The number of carbonyl (C=O) groups is 2. The minimum absolute atomic E-state index is 0.133. The van der Waals surface area contributed by atoms with Crippen LogP contribution in [0.4, 0.5) is 11.4 Å². The van der Waals surface area contributed by atoms with Gasteiger partial charge in [0.2, 0.25) is 5.91 Å². The van der Waals surface area contributed by atoms with Crippen LogP contribution in [0, 0.1) is 11.3 Å². The molecule has 1 N–H and O–H groups in total. The van der Waals surface area contributed by atoms with E-state index in [4.69, 9.17) is 4.74 Å². The molecule has 0 radical (unpaired) electrons. The Morgan fingerprint density at radius 3 is 2.44 bits per heavy atom. The van der Waals surface area contributed by atoms with E-state index in [1.54, 1.807) is 36.4 Å². The van der Waals surface area contributed by atoms with Gasteiger partial charge in [0.15, 0.2) is 0 Å². The molecule has 34 heavy (non-hydrogen) atoms. The summed E-state index contributed by atoms with van der Waals surface area (Å²) in [4.78, 5) is 28.1. The first-order chi connectivity index (χ1) is 16.5. The van der Waals surface area contributed by atoms with Crippen molar-refractivity contribution in [3.8, 4) is 11.8 Å². The summed E-state index contributed by atoms with van der Waals surface area (Å²) in [6.45, 7) is 0. The van der Waals surface area contributed by atoms with Gasteiger partial charge in [0.25, 0.3) is 5.91 Å². The molecule has 1 heterocycles. The van der Waals surface area contributed by atoms with Gasteiger partial charge in [-0.25, -0.2) is 0 Å². The van der Waals surface area contributed by atoms with Gasteiger partial charge in [-0.2, -0.15) is 5.26 Å². The van der Waals surface area contributed by atoms with Gasteiger partial charge in [-0.3, -0.25) is 14.5 Å². The normalized spacial score (nSPS) is 16.7. The lowest BCUT2D eigenvalue weighted by Gasteiger charge is -2.18. The molecule has 3 aromatic carbocycles. The van der Waals surface area contributed by atoms with E-state index in [9.17, 15) is 14.9 Å². The van der Waals surface area contributed by atoms with Crippen molar-refractivity contribution >= 4 is 50.9 Å². The molecule has 6 nitrogen and oxygen atoms in total. The molecule has 1 fully saturated rings. The van der Waals surface area contributed by atoms with E-state index in [0.29, 0.717) is 28.6 Å². The van der Waals surface area contributed by atoms with Crippen LogP contribution in [0.5, 0.6) is 5.75 Å².